The van der Waals surface area contributed by atoms with Gasteiger partial charge in [-0.15, -0.1) is 0 Å². The van der Waals surface area contributed by atoms with Gasteiger partial charge in [-0.2, -0.15) is 0 Å². The molecule has 0 aromatic heterocycles. The molecule has 4 nitrogen and oxygen atoms in total. The molecule has 0 saturated carbocycles. The lowest BCUT2D eigenvalue weighted by Crippen LogP contribution is -2.53. The molecule has 1 aliphatic carbocycles. The Morgan fingerprint density at radius 3 is 2.58 bits per heavy atom. The summed E-state index contributed by atoms with van der Waals surface area (Å²) in [4.78, 5) is 15.3. The van der Waals surface area contributed by atoms with Gasteiger partial charge in [-0.1, -0.05) is 50.2 Å². The summed E-state index contributed by atoms with van der Waals surface area (Å²) in [5, 5.41) is 3.18. The van der Waals surface area contributed by atoms with Crippen LogP contribution in [0.25, 0.3) is 11.1 Å². The van der Waals surface area contributed by atoms with Gasteiger partial charge in [0.1, 0.15) is 6.10 Å². The summed E-state index contributed by atoms with van der Waals surface area (Å²) in [5.74, 6) is 0.471. The summed E-state index contributed by atoms with van der Waals surface area (Å²) in [7, 11) is 0. The van der Waals surface area contributed by atoms with E-state index in [1.165, 1.54) is 6.07 Å². The number of nitrogens with one attached hydrogen (secondary N) is 1. The molecule has 3 heterocycles. The van der Waals surface area contributed by atoms with Crippen LogP contribution in [-0.4, -0.2) is 36.7 Å². The highest BCUT2D eigenvalue weighted by molar-refractivity contribution is 5.70. The van der Waals surface area contributed by atoms with Gasteiger partial charge in [0.25, 0.3) is 6.43 Å². The van der Waals surface area contributed by atoms with Crippen molar-refractivity contribution in [3.05, 3.63) is 59.2 Å². The summed E-state index contributed by atoms with van der Waals surface area (Å²) in [6.07, 6.45) is 1.16. The van der Waals surface area contributed by atoms with Crippen LogP contribution in [0.2, 0.25) is 0 Å². The Kier molecular flexibility index (Phi) is 5.89. The third-order valence-corrected chi connectivity index (χ3v) is 7.86. The zero-order valence-corrected chi connectivity index (χ0v) is 19.3. The van der Waals surface area contributed by atoms with E-state index in [-0.39, 0.29) is 29.2 Å². The predicted molar refractivity (Wildman–Crippen MR) is 124 cm³/mol. The second kappa shape index (κ2) is 8.71. The Bertz CT molecular complexity index is 1030. The highest BCUT2D eigenvalue weighted by Gasteiger charge is 2.40. The standard InChI is InChI=1S/C27H32F2N2O2/c1-27(2)11-8-20-14-19(18-4-3-5-21(15-18)25(28)29)6-7-22(20)24(27)30-26(32)33-23-16-31-12-9-17(23)10-13-31/h3-7,14-15,17,23-25H,8-13,16H2,1-2H3,(H,30,32)/t23-,24?/m1/s1. The maximum atomic E-state index is 13.2. The lowest BCUT2D eigenvalue weighted by Gasteiger charge is -2.44. The van der Waals surface area contributed by atoms with E-state index in [1.54, 1.807) is 12.1 Å². The van der Waals surface area contributed by atoms with Gasteiger partial charge in [0.15, 0.2) is 0 Å². The molecule has 6 rings (SSSR count). The molecule has 3 saturated heterocycles. The van der Waals surface area contributed by atoms with E-state index < -0.39 is 6.43 Å². The van der Waals surface area contributed by atoms with Gasteiger partial charge in [0.2, 0.25) is 0 Å². The number of aryl methyl sites for hydroxylation is 1. The van der Waals surface area contributed by atoms with Crippen LogP contribution in [0.15, 0.2) is 42.5 Å². The number of piperidine rings is 3. The summed E-state index contributed by atoms with van der Waals surface area (Å²) in [5.41, 5.74) is 3.86. The average molecular weight is 455 g/mol. The summed E-state index contributed by atoms with van der Waals surface area (Å²) < 4.78 is 32.2. The number of hydrogen-bond acceptors (Lipinski definition) is 3. The Hall–Kier alpha value is -2.47. The molecule has 1 unspecified atom stereocenters. The van der Waals surface area contributed by atoms with E-state index in [9.17, 15) is 13.6 Å². The fourth-order valence-corrected chi connectivity index (χ4v) is 5.77. The minimum absolute atomic E-state index is 0.0249. The molecule has 176 valence electrons. The first kappa shape index (κ1) is 22.3. The number of alkyl halides is 2. The number of alkyl carbamates (subject to hydrolysis) is 1. The average Bonchev–Trinajstić information content (AvgIpc) is 2.81. The molecule has 3 aliphatic heterocycles. The molecular weight excluding hydrogens is 422 g/mol. The van der Waals surface area contributed by atoms with Crippen molar-refractivity contribution in [3.63, 3.8) is 0 Å². The Balaban J connectivity index is 1.35. The van der Waals surface area contributed by atoms with Crippen molar-refractivity contribution < 1.29 is 18.3 Å². The van der Waals surface area contributed by atoms with E-state index >= 15 is 0 Å². The SMILES string of the molecule is CC1(C)CCc2cc(-c3cccc(C(F)F)c3)ccc2C1NC(=O)O[C@@H]1CN2CCC1CC2. The van der Waals surface area contributed by atoms with Crippen LogP contribution >= 0.6 is 0 Å². The van der Waals surface area contributed by atoms with Crippen molar-refractivity contribution in [2.45, 2.75) is 58.1 Å². The quantitative estimate of drug-likeness (QED) is 0.605. The number of carbonyl (C=O) groups is 1. The lowest BCUT2D eigenvalue weighted by molar-refractivity contribution is -0.0353. The molecule has 2 aromatic carbocycles. The zero-order chi connectivity index (χ0) is 23.2. The molecule has 4 aliphatic rings. The van der Waals surface area contributed by atoms with Crippen LogP contribution in [0.4, 0.5) is 13.6 Å². The van der Waals surface area contributed by atoms with E-state index in [0.29, 0.717) is 5.92 Å². The van der Waals surface area contributed by atoms with Gasteiger partial charge in [0, 0.05) is 12.1 Å². The van der Waals surface area contributed by atoms with Crippen LogP contribution in [0.3, 0.4) is 0 Å². The Morgan fingerprint density at radius 2 is 1.88 bits per heavy atom. The summed E-state index contributed by atoms with van der Waals surface area (Å²) in [6, 6.07) is 12.5. The third-order valence-electron chi connectivity index (χ3n) is 7.86. The maximum absolute atomic E-state index is 13.2. The topological polar surface area (TPSA) is 41.6 Å². The number of benzene rings is 2. The fourth-order valence-electron chi connectivity index (χ4n) is 5.77. The van der Waals surface area contributed by atoms with Crippen LogP contribution in [0.1, 0.15) is 62.3 Å². The number of fused-ring (bicyclic) bond motifs is 4. The first-order valence-electron chi connectivity index (χ1n) is 12.0. The molecular formula is C27H32F2N2O2. The van der Waals surface area contributed by atoms with Crippen molar-refractivity contribution in [1.29, 1.82) is 0 Å². The summed E-state index contributed by atoms with van der Waals surface area (Å²) in [6.45, 7) is 7.41. The Labute approximate surface area is 194 Å². The fraction of sp³-hybridized carbons (Fsp3) is 0.519. The molecule has 0 spiro atoms. The molecule has 0 radical (unpaired) electrons. The van der Waals surface area contributed by atoms with Gasteiger partial charge in [0.05, 0.1) is 6.04 Å². The lowest BCUT2D eigenvalue weighted by atomic mass is 9.70. The Morgan fingerprint density at radius 1 is 1.12 bits per heavy atom. The van der Waals surface area contributed by atoms with Gasteiger partial charge in [-0.05, 0) is 78.4 Å². The number of amides is 1. The number of hydrogen-bond donors (Lipinski definition) is 1. The van der Waals surface area contributed by atoms with Crippen LogP contribution in [0, 0.1) is 11.3 Å². The number of carbonyl (C=O) groups excluding carboxylic acids is 1. The van der Waals surface area contributed by atoms with E-state index in [2.05, 4.69) is 30.1 Å². The first-order valence-corrected chi connectivity index (χ1v) is 12.0. The van der Waals surface area contributed by atoms with Crippen LogP contribution in [0.5, 0.6) is 0 Å². The highest BCUT2D eigenvalue weighted by Crippen LogP contribution is 2.44. The van der Waals surface area contributed by atoms with Crippen molar-refractivity contribution in [1.82, 2.24) is 10.2 Å². The van der Waals surface area contributed by atoms with Crippen molar-refractivity contribution in [2.24, 2.45) is 11.3 Å². The molecule has 6 heteroatoms. The van der Waals surface area contributed by atoms with Crippen LogP contribution in [-0.2, 0) is 11.2 Å². The molecule has 3 fully saturated rings. The van der Waals surface area contributed by atoms with Crippen molar-refractivity contribution in [3.8, 4) is 11.1 Å². The normalized spacial score (nSPS) is 27.8. The molecule has 33 heavy (non-hydrogen) atoms. The van der Waals surface area contributed by atoms with E-state index in [1.807, 2.05) is 18.2 Å². The summed E-state index contributed by atoms with van der Waals surface area (Å²) >= 11 is 0. The van der Waals surface area contributed by atoms with Gasteiger partial charge in [-0.25, -0.2) is 13.6 Å². The first-order chi connectivity index (χ1) is 15.8. The molecule has 2 aromatic rings. The highest BCUT2D eigenvalue weighted by atomic mass is 19.3. The third kappa shape index (κ3) is 4.50. The number of ether oxygens (including phenoxy) is 1. The monoisotopic (exact) mass is 454 g/mol. The molecule has 2 bridgehead atoms. The van der Waals surface area contributed by atoms with Crippen LogP contribution < -0.4 is 5.32 Å². The van der Waals surface area contributed by atoms with E-state index in [0.717, 1.165) is 67.6 Å². The molecule has 1 amide bonds. The second-order valence-electron chi connectivity index (χ2n) is 10.5. The minimum atomic E-state index is -2.49. The predicted octanol–water partition coefficient (Wildman–Crippen LogP) is 6.13. The van der Waals surface area contributed by atoms with Crippen molar-refractivity contribution >= 4 is 6.09 Å². The second-order valence-corrected chi connectivity index (χ2v) is 10.5. The van der Waals surface area contributed by atoms with Crippen molar-refractivity contribution in [2.75, 3.05) is 19.6 Å². The molecule has 1 N–H and O–H groups in total. The van der Waals surface area contributed by atoms with Gasteiger partial charge in [-0.3, -0.25) is 4.90 Å². The largest absolute Gasteiger partial charge is 0.445 e. The smallest absolute Gasteiger partial charge is 0.407 e. The van der Waals surface area contributed by atoms with E-state index in [4.69, 9.17) is 4.74 Å². The van der Waals surface area contributed by atoms with Gasteiger partial charge < -0.3 is 10.1 Å². The van der Waals surface area contributed by atoms with Gasteiger partial charge >= 0.3 is 6.09 Å². The maximum Gasteiger partial charge on any atom is 0.407 e. The number of nitrogens with zero attached hydrogens (tertiary/aromatic N) is 1. The number of rotatable bonds is 4. The minimum Gasteiger partial charge on any atom is -0.445 e. The number of halogens is 2. The zero-order valence-electron chi connectivity index (χ0n) is 19.3. The molecule has 2 atom stereocenters.